The van der Waals surface area contributed by atoms with Crippen LogP contribution >= 0.6 is 0 Å². The van der Waals surface area contributed by atoms with Gasteiger partial charge in [0.05, 0.1) is 0 Å². The quantitative estimate of drug-likeness (QED) is 0.737. The fraction of sp³-hybridized carbons (Fsp3) is 0.727. The Morgan fingerprint density at radius 2 is 1.88 bits per heavy atom. The minimum Gasteiger partial charge on any atom is -0.277 e. The van der Waals surface area contributed by atoms with Crippen molar-refractivity contribution in [3.8, 4) is 0 Å². The van der Waals surface area contributed by atoms with Crippen LogP contribution in [0.15, 0.2) is 0 Å². The Morgan fingerprint density at radius 3 is 2.38 bits per heavy atom. The molecule has 0 aromatic rings. The van der Waals surface area contributed by atoms with E-state index in [-0.39, 0.29) is 11.8 Å². The molecule has 0 bridgehead atoms. The zero-order chi connectivity index (χ0) is 12.3. The summed E-state index contributed by atoms with van der Waals surface area (Å²) in [6, 6.07) is -0.588. The number of hydrogen-bond donors (Lipinski definition) is 1. The number of hydrogen-bond acceptors (Lipinski definition) is 3. The Kier molecular flexibility index (Phi) is 3.67. The summed E-state index contributed by atoms with van der Waals surface area (Å²) >= 11 is 0. The predicted molar refractivity (Wildman–Crippen MR) is 58.6 cm³/mol. The van der Waals surface area contributed by atoms with E-state index in [2.05, 4.69) is 26.1 Å². The van der Waals surface area contributed by atoms with Crippen LogP contribution in [0.4, 0.5) is 4.79 Å². The molecule has 0 radical (unpaired) electrons. The fourth-order valence-electron chi connectivity index (χ4n) is 1.57. The molecule has 1 fully saturated rings. The molecule has 5 nitrogen and oxygen atoms in total. The number of amides is 4. The summed E-state index contributed by atoms with van der Waals surface area (Å²) in [6.07, 6.45) is 1.47. The van der Waals surface area contributed by atoms with Gasteiger partial charge in [-0.3, -0.25) is 19.8 Å². The lowest BCUT2D eigenvalue weighted by molar-refractivity contribution is -0.136. The van der Waals surface area contributed by atoms with Crippen LogP contribution in [-0.4, -0.2) is 29.3 Å². The molecule has 1 aliphatic heterocycles. The van der Waals surface area contributed by atoms with Crippen molar-refractivity contribution >= 4 is 17.8 Å². The standard InChI is InChI=1S/C11H18N2O3/c1-11(2,3)5-4-6-13-9(15)7-8(14)12-10(13)16/h4-7H2,1-3H3,(H,12,14,16). The maximum atomic E-state index is 11.4. The van der Waals surface area contributed by atoms with Gasteiger partial charge in [0.1, 0.15) is 6.42 Å². The first-order valence-corrected chi connectivity index (χ1v) is 5.44. The highest BCUT2D eigenvalue weighted by Crippen LogP contribution is 2.20. The van der Waals surface area contributed by atoms with E-state index in [4.69, 9.17) is 0 Å². The average molecular weight is 226 g/mol. The molecule has 0 unspecified atom stereocenters. The summed E-state index contributed by atoms with van der Waals surface area (Å²) in [7, 11) is 0. The molecule has 16 heavy (non-hydrogen) atoms. The van der Waals surface area contributed by atoms with Crippen molar-refractivity contribution in [2.75, 3.05) is 6.54 Å². The van der Waals surface area contributed by atoms with Crippen LogP contribution < -0.4 is 5.32 Å². The number of carbonyl (C=O) groups is 3. The van der Waals surface area contributed by atoms with Crippen LogP contribution in [0.3, 0.4) is 0 Å². The van der Waals surface area contributed by atoms with Gasteiger partial charge < -0.3 is 0 Å². The summed E-state index contributed by atoms with van der Waals surface area (Å²) in [5.74, 6) is -0.912. The first-order valence-electron chi connectivity index (χ1n) is 5.44. The largest absolute Gasteiger partial charge is 0.330 e. The van der Waals surface area contributed by atoms with Crippen molar-refractivity contribution < 1.29 is 14.4 Å². The maximum absolute atomic E-state index is 11.4. The van der Waals surface area contributed by atoms with Crippen molar-refractivity contribution in [3.05, 3.63) is 0 Å². The fourth-order valence-corrected chi connectivity index (χ4v) is 1.57. The van der Waals surface area contributed by atoms with E-state index in [1.807, 2.05) is 0 Å². The zero-order valence-electron chi connectivity index (χ0n) is 10.0. The lowest BCUT2D eigenvalue weighted by Crippen LogP contribution is -2.52. The first-order chi connectivity index (χ1) is 7.29. The normalized spacial score (nSPS) is 17.7. The Morgan fingerprint density at radius 1 is 1.25 bits per heavy atom. The molecule has 90 valence electrons. The molecular weight excluding hydrogens is 208 g/mol. The molecule has 0 aromatic carbocycles. The number of rotatable bonds is 3. The number of imide groups is 2. The molecule has 1 saturated heterocycles. The number of carbonyl (C=O) groups excluding carboxylic acids is 3. The minimum atomic E-state index is -0.588. The van der Waals surface area contributed by atoms with Gasteiger partial charge in [0, 0.05) is 6.54 Å². The van der Waals surface area contributed by atoms with Crippen LogP contribution in [0.2, 0.25) is 0 Å². The number of nitrogens with zero attached hydrogens (tertiary/aromatic N) is 1. The molecule has 0 saturated carbocycles. The highest BCUT2D eigenvalue weighted by molar-refractivity contribution is 6.14. The van der Waals surface area contributed by atoms with Gasteiger partial charge in [-0.1, -0.05) is 20.8 Å². The summed E-state index contributed by atoms with van der Waals surface area (Å²) in [6.45, 7) is 6.70. The summed E-state index contributed by atoms with van der Waals surface area (Å²) in [5.41, 5.74) is 0.186. The molecule has 0 atom stereocenters. The highest BCUT2D eigenvalue weighted by Gasteiger charge is 2.30. The second-order valence-corrected chi connectivity index (χ2v) is 5.24. The van der Waals surface area contributed by atoms with Crippen LogP contribution in [0.1, 0.15) is 40.0 Å². The molecule has 4 amide bonds. The summed E-state index contributed by atoms with van der Waals surface area (Å²) in [4.78, 5) is 34.8. The van der Waals surface area contributed by atoms with E-state index < -0.39 is 17.8 Å². The van der Waals surface area contributed by atoms with E-state index >= 15 is 0 Å². The van der Waals surface area contributed by atoms with Gasteiger partial charge in [-0.25, -0.2) is 4.79 Å². The molecular formula is C11H18N2O3. The van der Waals surface area contributed by atoms with Crippen molar-refractivity contribution in [2.24, 2.45) is 5.41 Å². The van der Waals surface area contributed by atoms with Crippen LogP contribution in [-0.2, 0) is 9.59 Å². The summed E-state index contributed by atoms with van der Waals surface area (Å²) in [5, 5.41) is 2.13. The molecule has 1 rings (SSSR count). The number of barbiturate groups is 1. The van der Waals surface area contributed by atoms with Gasteiger partial charge in [-0.05, 0) is 18.3 Å². The van der Waals surface area contributed by atoms with Gasteiger partial charge >= 0.3 is 6.03 Å². The van der Waals surface area contributed by atoms with E-state index in [0.717, 1.165) is 17.7 Å². The van der Waals surface area contributed by atoms with Gasteiger partial charge in [0.15, 0.2) is 0 Å². The topological polar surface area (TPSA) is 66.5 Å². The van der Waals surface area contributed by atoms with Crippen LogP contribution in [0, 0.1) is 5.41 Å². The molecule has 5 heteroatoms. The predicted octanol–water partition coefficient (Wildman–Crippen LogP) is 1.28. The molecule has 0 spiro atoms. The van der Waals surface area contributed by atoms with Crippen LogP contribution in [0.25, 0.3) is 0 Å². The van der Waals surface area contributed by atoms with E-state index in [1.165, 1.54) is 0 Å². The van der Waals surface area contributed by atoms with Crippen molar-refractivity contribution in [1.29, 1.82) is 0 Å². The van der Waals surface area contributed by atoms with Crippen molar-refractivity contribution in [2.45, 2.75) is 40.0 Å². The van der Waals surface area contributed by atoms with E-state index in [0.29, 0.717) is 6.54 Å². The van der Waals surface area contributed by atoms with Gasteiger partial charge in [-0.2, -0.15) is 0 Å². The Bertz CT molecular complexity index is 298. The average Bonchev–Trinajstić information content (AvgIpc) is 2.07. The lowest BCUT2D eigenvalue weighted by atomic mass is 9.90. The molecule has 0 aromatic heterocycles. The SMILES string of the molecule is CC(C)(C)CCCN1C(=O)CC(=O)NC1=O. The Labute approximate surface area is 95.2 Å². The monoisotopic (exact) mass is 226 g/mol. The summed E-state index contributed by atoms with van der Waals surface area (Å²) < 4.78 is 0. The Balaban J connectivity index is 2.45. The minimum absolute atomic E-state index is 0.186. The zero-order valence-corrected chi connectivity index (χ0v) is 10.0. The maximum Gasteiger partial charge on any atom is 0.330 e. The van der Waals surface area contributed by atoms with E-state index in [9.17, 15) is 14.4 Å². The first kappa shape index (κ1) is 12.7. The van der Waals surface area contributed by atoms with Gasteiger partial charge in [-0.15, -0.1) is 0 Å². The third-order valence-electron chi connectivity index (χ3n) is 2.41. The molecule has 0 aliphatic carbocycles. The second-order valence-electron chi connectivity index (χ2n) is 5.24. The Hall–Kier alpha value is -1.39. The van der Waals surface area contributed by atoms with Gasteiger partial charge in [0.2, 0.25) is 11.8 Å². The van der Waals surface area contributed by atoms with Crippen LogP contribution in [0.5, 0.6) is 0 Å². The molecule has 1 aliphatic rings. The third-order valence-corrected chi connectivity index (χ3v) is 2.41. The third kappa shape index (κ3) is 3.64. The molecule has 1 heterocycles. The number of urea groups is 1. The molecule has 1 N–H and O–H groups in total. The smallest absolute Gasteiger partial charge is 0.277 e. The number of nitrogens with one attached hydrogen (secondary N) is 1. The lowest BCUT2D eigenvalue weighted by Gasteiger charge is -2.26. The second kappa shape index (κ2) is 4.63. The highest BCUT2D eigenvalue weighted by atomic mass is 16.2. The van der Waals surface area contributed by atoms with Gasteiger partial charge in [0.25, 0.3) is 0 Å². The van der Waals surface area contributed by atoms with Crippen molar-refractivity contribution in [3.63, 3.8) is 0 Å². The van der Waals surface area contributed by atoms with E-state index in [1.54, 1.807) is 0 Å². The van der Waals surface area contributed by atoms with Crippen molar-refractivity contribution in [1.82, 2.24) is 10.2 Å².